The van der Waals surface area contributed by atoms with Crippen molar-refractivity contribution in [2.24, 2.45) is 0 Å². The van der Waals surface area contributed by atoms with Crippen molar-refractivity contribution in [3.63, 3.8) is 0 Å². The van der Waals surface area contributed by atoms with Gasteiger partial charge in [-0.2, -0.15) is 0 Å². The van der Waals surface area contributed by atoms with Crippen LogP contribution in [0, 0.1) is 0 Å². The normalized spacial score (nSPS) is 10.2. The standard InChI is InChI=1S/C12H10BrNO2S/c1-16-11-7-14-5-4-9(11)10(15)6-8-2-3-12(13)17-8/h2-5,7H,6H2,1H3. The van der Waals surface area contributed by atoms with Gasteiger partial charge in [0.1, 0.15) is 5.75 Å². The van der Waals surface area contributed by atoms with Crippen LogP contribution in [-0.4, -0.2) is 17.9 Å². The van der Waals surface area contributed by atoms with Crippen LogP contribution >= 0.6 is 27.3 Å². The third-order valence-corrected chi connectivity index (χ3v) is 3.89. The van der Waals surface area contributed by atoms with E-state index in [0.717, 1.165) is 8.66 Å². The number of aromatic nitrogens is 1. The molecule has 0 saturated carbocycles. The van der Waals surface area contributed by atoms with E-state index in [1.165, 1.54) is 7.11 Å². The van der Waals surface area contributed by atoms with Crippen molar-refractivity contribution in [1.29, 1.82) is 0 Å². The second kappa shape index (κ2) is 5.42. The molecule has 0 atom stereocenters. The Bertz CT molecular complexity index is 539. The minimum absolute atomic E-state index is 0.0404. The summed E-state index contributed by atoms with van der Waals surface area (Å²) in [5.74, 6) is 0.562. The number of ketones is 1. The lowest BCUT2D eigenvalue weighted by Gasteiger charge is -2.05. The predicted octanol–water partition coefficient (Wildman–Crippen LogP) is 3.34. The molecule has 2 rings (SSSR count). The minimum atomic E-state index is 0.0404. The molecule has 0 aliphatic rings. The van der Waals surface area contributed by atoms with Gasteiger partial charge >= 0.3 is 0 Å². The monoisotopic (exact) mass is 311 g/mol. The van der Waals surface area contributed by atoms with Gasteiger partial charge in [0.2, 0.25) is 0 Å². The summed E-state index contributed by atoms with van der Waals surface area (Å²) in [6.07, 6.45) is 3.54. The number of Topliss-reactive ketones (excluding diaryl/α,β-unsaturated/α-hetero) is 1. The van der Waals surface area contributed by atoms with E-state index in [4.69, 9.17) is 4.74 Å². The number of carbonyl (C=O) groups excluding carboxylic acids is 1. The summed E-state index contributed by atoms with van der Waals surface area (Å²) in [4.78, 5) is 17.0. The van der Waals surface area contributed by atoms with Crippen LogP contribution in [0.2, 0.25) is 0 Å². The number of hydrogen-bond donors (Lipinski definition) is 0. The van der Waals surface area contributed by atoms with Crippen LogP contribution in [0.4, 0.5) is 0 Å². The fourth-order valence-electron chi connectivity index (χ4n) is 1.47. The SMILES string of the molecule is COc1cnccc1C(=O)Cc1ccc(Br)s1. The summed E-state index contributed by atoms with van der Waals surface area (Å²) < 4.78 is 6.15. The first-order valence-corrected chi connectivity index (χ1v) is 6.57. The Morgan fingerprint density at radius 2 is 2.29 bits per heavy atom. The van der Waals surface area contributed by atoms with Crippen molar-refractivity contribution in [2.45, 2.75) is 6.42 Å². The molecular weight excluding hydrogens is 302 g/mol. The molecule has 88 valence electrons. The molecule has 3 nitrogen and oxygen atoms in total. The molecule has 0 aromatic carbocycles. The van der Waals surface area contributed by atoms with E-state index in [9.17, 15) is 4.79 Å². The highest BCUT2D eigenvalue weighted by atomic mass is 79.9. The molecule has 2 heterocycles. The Kier molecular flexibility index (Phi) is 3.91. The van der Waals surface area contributed by atoms with Crippen LogP contribution in [0.5, 0.6) is 5.75 Å². The van der Waals surface area contributed by atoms with Gasteiger partial charge in [0.25, 0.3) is 0 Å². The summed E-state index contributed by atoms with van der Waals surface area (Å²) in [6.45, 7) is 0. The highest BCUT2D eigenvalue weighted by molar-refractivity contribution is 9.11. The molecule has 0 spiro atoms. The summed E-state index contributed by atoms with van der Waals surface area (Å²) in [7, 11) is 1.54. The maximum Gasteiger partial charge on any atom is 0.171 e. The molecule has 17 heavy (non-hydrogen) atoms. The number of halogens is 1. The molecule has 0 amide bonds. The molecule has 2 aromatic rings. The average molecular weight is 312 g/mol. The topological polar surface area (TPSA) is 39.2 Å². The average Bonchev–Trinajstić information content (AvgIpc) is 2.74. The fourth-order valence-corrected chi connectivity index (χ4v) is 2.96. The number of thiophene rings is 1. The second-order valence-electron chi connectivity index (χ2n) is 3.38. The first kappa shape index (κ1) is 12.3. The zero-order valence-electron chi connectivity index (χ0n) is 9.14. The Hall–Kier alpha value is -1.20. The van der Waals surface area contributed by atoms with Gasteiger partial charge < -0.3 is 4.74 Å². The van der Waals surface area contributed by atoms with E-state index in [2.05, 4.69) is 20.9 Å². The maximum absolute atomic E-state index is 12.1. The van der Waals surface area contributed by atoms with Gasteiger partial charge in [-0.3, -0.25) is 9.78 Å². The molecule has 5 heteroatoms. The van der Waals surface area contributed by atoms with E-state index in [0.29, 0.717) is 17.7 Å². The van der Waals surface area contributed by atoms with Crippen LogP contribution in [0.25, 0.3) is 0 Å². The van der Waals surface area contributed by atoms with Gasteiger partial charge in [0.05, 0.1) is 22.7 Å². The Balaban J connectivity index is 2.20. The number of rotatable bonds is 4. The summed E-state index contributed by atoms with van der Waals surface area (Å²) in [5, 5.41) is 0. The van der Waals surface area contributed by atoms with Crippen molar-refractivity contribution in [3.8, 4) is 5.75 Å². The van der Waals surface area contributed by atoms with Crippen LogP contribution in [0.1, 0.15) is 15.2 Å². The van der Waals surface area contributed by atoms with Gasteiger partial charge in [-0.05, 0) is 34.1 Å². The Morgan fingerprint density at radius 1 is 1.47 bits per heavy atom. The van der Waals surface area contributed by atoms with Crippen molar-refractivity contribution in [1.82, 2.24) is 4.98 Å². The number of carbonyl (C=O) groups is 1. The molecule has 0 N–H and O–H groups in total. The molecule has 0 unspecified atom stereocenters. The summed E-state index contributed by atoms with van der Waals surface area (Å²) >= 11 is 4.94. The molecule has 0 aliphatic heterocycles. The van der Waals surface area contributed by atoms with Crippen LogP contribution in [-0.2, 0) is 6.42 Å². The Labute approximate surface area is 112 Å². The zero-order chi connectivity index (χ0) is 12.3. The van der Waals surface area contributed by atoms with Crippen molar-refractivity contribution in [3.05, 3.63) is 44.8 Å². The lowest BCUT2D eigenvalue weighted by molar-refractivity contribution is 0.0990. The van der Waals surface area contributed by atoms with Crippen LogP contribution < -0.4 is 4.74 Å². The maximum atomic E-state index is 12.1. The van der Waals surface area contributed by atoms with Crippen LogP contribution in [0.3, 0.4) is 0 Å². The second-order valence-corrected chi connectivity index (χ2v) is 5.93. The third-order valence-electron chi connectivity index (χ3n) is 2.27. The van der Waals surface area contributed by atoms with Crippen LogP contribution in [0.15, 0.2) is 34.4 Å². The zero-order valence-corrected chi connectivity index (χ0v) is 11.5. The molecule has 0 saturated heterocycles. The van der Waals surface area contributed by atoms with Gasteiger partial charge in [0.15, 0.2) is 5.78 Å². The third kappa shape index (κ3) is 2.92. The van der Waals surface area contributed by atoms with E-state index in [1.54, 1.807) is 29.8 Å². The highest BCUT2D eigenvalue weighted by Gasteiger charge is 2.13. The molecule has 0 radical (unpaired) electrons. The van der Waals surface area contributed by atoms with Crippen molar-refractivity contribution < 1.29 is 9.53 Å². The van der Waals surface area contributed by atoms with E-state index >= 15 is 0 Å². The first-order valence-electron chi connectivity index (χ1n) is 4.96. The highest BCUT2D eigenvalue weighted by Crippen LogP contribution is 2.25. The van der Waals surface area contributed by atoms with Crippen molar-refractivity contribution in [2.75, 3.05) is 7.11 Å². The van der Waals surface area contributed by atoms with Gasteiger partial charge in [-0.1, -0.05) is 0 Å². The number of ether oxygens (including phenoxy) is 1. The van der Waals surface area contributed by atoms with E-state index in [-0.39, 0.29) is 5.78 Å². The smallest absolute Gasteiger partial charge is 0.171 e. The number of methoxy groups -OCH3 is 1. The number of nitrogens with zero attached hydrogens (tertiary/aromatic N) is 1. The quantitative estimate of drug-likeness (QED) is 0.813. The first-order chi connectivity index (χ1) is 8.20. The van der Waals surface area contributed by atoms with Gasteiger partial charge in [-0.15, -0.1) is 11.3 Å². The molecular formula is C12H10BrNO2S. The van der Waals surface area contributed by atoms with Gasteiger partial charge in [-0.25, -0.2) is 0 Å². The molecule has 0 aliphatic carbocycles. The summed E-state index contributed by atoms with van der Waals surface area (Å²) in [6, 6.07) is 5.57. The minimum Gasteiger partial charge on any atom is -0.494 e. The number of hydrogen-bond acceptors (Lipinski definition) is 4. The Morgan fingerprint density at radius 3 is 2.94 bits per heavy atom. The fraction of sp³-hybridized carbons (Fsp3) is 0.167. The molecule has 2 aromatic heterocycles. The predicted molar refractivity (Wildman–Crippen MR) is 70.8 cm³/mol. The largest absolute Gasteiger partial charge is 0.494 e. The van der Waals surface area contributed by atoms with E-state index < -0.39 is 0 Å². The summed E-state index contributed by atoms with van der Waals surface area (Å²) in [5.41, 5.74) is 0.576. The lowest BCUT2D eigenvalue weighted by atomic mass is 10.1. The lowest BCUT2D eigenvalue weighted by Crippen LogP contribution is -2.05. The molecule has 0 bridgehead atoms. The number of pyridine rings is 1. The van der Waals surface area contributed by atoms with E-state index in [1.807, 2.05) is 12.1 Å². The van der Waals surface area contributed by atoms with Crippen molar-refractivity contribution >= 4 is 33.0 Å². The van der Waals surface area contributed by atoms with Gasteiger partial charge in [0, 0.05) is 17.5 Å². The molecule has 0 fully saturated rings.